The van der Waals surface area contributed by atoms with E-state index in [-0.39, 0.29) is 11.7 Å². The molecule has 0 radical (unpaired) electrons. The van der Waals surface area contributed by atoms with Crippen LogP contribution in [-0.4, -0.2) is 46.4 Å². The van der Waals surface area contributed by atoms with Crippen molar-refractivity contribution in [2.24, 2.45) is 0 Å². The molecule has 2 saturated heterocycles. The van der Waals surface area contributed by atoms with Gasteiger partial charge in [-0.2, -0.15) is 0 Å². The number of hydrogen-bond donors (Lipinski definition) is 1. The fourth-order valence-corrected chi connectivity index (χ4v) is 3.66. The Morgan fingerprint density at radius 1 is 1.50 bits per heavy atom. The first-order chi connectivity index (χ1) is 8.78. The van der Waals surface area contributed by atoms with Gasteiger partial charge in [-0.05, 0) is 25.7 Å². The average Bonchev–Trinajstić information content (AvgIpc) is 2.89. The van der Waals surface area contributed by atoms with Crippen LogP contribution in [0.3, 0.4) is 0 Å². The third-order valence-electron chi connectivity index (χ3n) is 4.18. The minimum atomic E-state index is -0.267. The number of aliphatic hydroxyl groups excluding tert-OH is 1. The zero-order valence-electron chi connectivity index (χ0n) is 10.5. The highest BCUT2D eigenvalue weighted by Crippen LogP contribution is 2.35. The lowest BCUT2D eigenvalue weighted by molar-refractivity contribution is -0.177. The molecule has 3 rings (SSSR count). The van der Waals surface area contributed by atoms with E-state index in [0.717, 1.165) is 51.9 Å². The summed E-state index contributed by atoms with van der Waals surface area (Å²) in [5.41, 5.74) is 1.64. The second-order valence-corrected chi connectivity index (χ2v) is 6.29. The van der Waals surface area contributed by atoms with E-state index in [1.165, 1.54) is 4.88 Å². The van der Waals surface area contributed by atoms with Crippen molar-refractivity contribution in [1.29, 1.82) is 0 Å². The Kier molecular flexibility index (Phi) is 3.66. The molecule has 2 aliphatic rings. The van der Waals surface area contributed by atoms with Crippen molar-refractivity contribution in [1.82, 2.24) is 9.88 Å². The zero-order valence-corrected chi connectivity index (χ0v) is 11.4. The van der Waals surface area contributed by atoms with Gasteiger partial charge in [0.25, 0.3) is 0 Å². The third-order valence-corrected chi connectivity index (χ3v) is 4.95. The Morgan fingerprint density at radius 3 is 3.00 bits per heavy atom. The summed E-state index contributed by atoms with van der Waals surface area (Å²) in [6.07, 6.45) is 5.47. The summed E-state index contributed by atoms with van der Waals surface area (Å²) < 4.78 is 5.92. The molecule has 1 aromatic rings. The standard InChI is InChI=1S/C13H20N2O2S/c16-12-2-1-7-17-13(12)3-5-15(6-4-13)9-11-8-14-10-18-11/h8,10,12,16H,1-7,9H2/t12-/m0/s1. The summed E-state index contributed by atoms with van der Waals surface area (Å²) in [4.78, 5) is 7.86. The van der Waals surface area contributed by atoms with E-state index in [1.807, 2.05) is 11.7 Å². The molecule has 0 aliphatic carbocycles. The van der Waals surface area contributed by atoms with Crippen LogP contribution in [0.5, 0.6) is 0 Å². The van der Waals surface area contributed by atoms with Crippen LogP contribution in [0, 0.1) is 0 Å². The second kappa shape index (κ2) is 5.25. The van der Waals surface area contributed by atoms with Gasteiger partial charge < -0.3 is 9.84 Å². The molecule has 3 heterocycles. The number of thiazole rings is 1. The molecule has 18 heavy (non-hydrogen) atoms. The van der Waals surface area contributed by atoms with E-state index in [0.29, 0.717) is 0 Å². The van der Waals surface area contributed by atoms with Crippen molar-refractivity contribution in [2.45, 2.75) is 43.9 Å². The first kappa shape index (κ1) is 12.5. The summed E-state index contributed by atoms with van der Waals surface area (Å²) in [5.74, 6) is 0. The van der Waals surface area contributed by atoms with E-state index in [9.17, 15) is 5.11 Å². The summed E-state index contributed by atoms with van der Waals surface area (Å²) in [7, 11) is 0. The number of aliphatic hydroxyl groups is 1. The van der Waals surface area contributed by atoms with Crippen molar-refractivity contribution >= 4 is 11.3 Å². The van der Waals surface area contributed by atoms with Crippen LogP contribution in [0.15, 0.2) is 11.7 Å². The van der Waals surface area contributed by atoms with Gasteiger partial charge >= 0.3 is 0 Å². The maximum absolute atomic E-state index is 10.2. The number of piperidine rings is 1. The normalized spacial score (nSPS) is 28.6. The predicted molar refractivity (Wildman–Crippen MR) is 70.5 cm³/mol. The van der Waals surface area contributed by atoms with Crippen LogP contribution >= 0.6 is 11.3 Å². The van der Waals surface area contributed by atoms with Crippen molar-refractivity contribution in [3.63, 3.8) is 0 Å². The summed E-state index contributed by atoms with van der Waals surface area (Å²) in [5, 5.41) is 10.2. The quantitative estimate of drug-likeness (QED) is 0.886. The highest BCUT2D eigenvalue weighted by Gasteiger charge is 2.43. The van der Waals surface area contributed by atoms with E-state index < -0.39 is 0 Å². The smallest absolute Gasteiger partial charge is 0.0964 e. The Bertz CT molecular complexity index is 374. The number of rotatable bonds is 2. The van der Waals surface area contributed by atoms with Gasteiger partial charge in [0, 0.05) is 37.3 Å². The largest absolute Gasteiger partial charge is 0.390 e. The maximum atomic E-state index is 10.2. The zero-order chi connectivity index (χ0) is 12.4. The van der Waals surface area contributed by atoms with Gasteiger partial charge in [-0.3, -0.25) is 9.88 Å². The Morgan fingerprint density at radius 2 is 2.33 bits per heavy atom. The lowest BCUT2D eigenvalue weighted by Crippen LogP contribution is -2.55. The summed E-state index contributed by atoms with van der Waals surface area (Å²) >= 11 is 1.71. The van der Waals surface area contributed by atoms with Crippen LogP contribution in [0.4, 0.5) is 0 Å². The monoisotopic (exact) mass is 268 g/mol. The topological polar surface area (TPSA) is 45.6 Å². The van der Waals surface area contributed by atoms with Gasteiger partial charge in [-0.1, -0.05) is 0 Å². The van der Waals surface area contributed by atoms with Crippen LogP contribution in [0.2, 0.25) is 0 Å². The average molecular weight is 268 g/mol. The molecule has 100 valence electrons. The maximum Gasteiger partial charge on any atom is 0.0964 e. The van der Waals surface area contributed by atoms with Gasteiger partial charge in [-0.15, -0.1) is 11.3 Å². The molecule has 2 aliphatic heterocycles. The molecule has 0 aromatic carbocycles. The van der Waals surface area contributed by atoms with Crippen molar-refractivity contribution < 1.29 is 9.84 Å². The fraction of sp³-hybridized carbons (Fsp3) is 0.769. The van der Waals surface area contributed by atoms with Crippen LogP contribution in [-0.2, 0) is 11.3 Å². The first-order valence-electron chi connectivity index (χ1n) is 6.70. The van der Waals surface area contributed by atoms with Crippen molar-refractivity contribution in [3.8, 4) is 0 Å². The van der Waals surface area contributed by atoms with Crippen LogP contribution in [0.1, 0.15) is 30.6 Å². The second-order valence-electron chi connectivity index (χ2n) is 5.32. The lowest BCUT2D eigenvalue weighted by atomic mass is 9.82. The van der Waals surface area contributed by atoms with Crippen molar-refractivity contribution in [2.75, 3.05) is 19.7 Å². The molecule has 0 saturated carbocycles. The SMILES string of the molecule is O[C@H]1CCCOC12CCN(Cc1cncs1)CC2. The molecule has 0 unspecified atom stereocenters. The highest BCUT2D eigenvalue weighted by molar-refractivity contribution is 7.09. The Balaban J connectivity index is 1.57. The van der Waals surface area contributed by atoms with Crippen LogP contribution in [0.25, 0.3) is 0 Å². The number of ether oxygens (including phenoxy) is 1. The molecule has 1 aromatic heterocycles. The minimum Gasteiger partial charge on any atom is -0.390 e. The van der Waals surface area contributed by atoms with E-state index >= 15 is 0 Å². The van der Waals surface area contributed by atoms with Gasteiger partial charge in [0.15, 0.2) is 0 Å². The number of nitrogens with zero attached hydrogens (tertiary/aromatic N) is 2. The van der Waals surface area contributed by atoms with Crippen LogP contribution < -0.4 is 0 Å². The van der Waals surface area contributed by atoms with Gasteiger partial charge in [-0.25, -0.2) is 0 Å². The Labute approximate surface area is 112 Å². The third kappa shape index (κ3) is 2.45. The minimum absolute atomic E-state index is 0.248. The number of aromatic nitrogens is 1. The molecule has 1 N–H and O–H groups in total. The highest BCUT2D eigenvalue weighted by atomic mass is 32.1. The van der Waals surface area contributed by atoms with E-state index in [1.54, 1.807) is 11.3 Å². The summed E-state index contributed by atoms with van der Waals surface area (Å²) in [6.45, 7) is 3.81. The predicted octanol–water partition coefficient (Wildman–Crippen LogP) is 1.65. The van der Waals surface area contributed by atoms with Gasteiger partial charge in [0.1, 0.15) is 0 Å². The first-order valence-corrected chi connectivity index (χ1v) is 7.58. The Hall–Kier alpha value is -0.490. The molecule has 5 heteroatoms. The molecule has 0 bridgehead atoms. The lowest BCUT2D eigenvalue weighted by Gasteiger charge is -2.46. The van der Waals surface area contributed by atoms with E-state index in [4.69, 9.17) is 4.74 Å². The molecular formula is C13H20N2O2S. The number of hydrogen-bond acceptors (Lipinski definition) is 5. The molecular weight excluding hydrogens is 248 g/mol. The molecule has 0 amide bonds. The molecule has 2 fully saturated rings. The number of likely N-dealkylation sites (tertiary alicyclic amines) is 1. The fourth-order valence-electron chi connectivity index (χ4n) is 3.02. The summed E-state index contributed by atoms with van der Waals surface area (Å²) in [6, 6.07) is 0. The molecule has 1 atom stereocenters. The van der Waals surface area contributed by atoms with Gasteiger partial charge in [0.05, 0.1) is 17.2 Å². The molecule has 1 spiro atoms. The molecule has 4 nitrogen and oxygen atoms in total. The van der Waals surface area contributed by atoms with Gasteiger partial charge in [0.2, 0.25) is 0 Å². The van der Waals surface area contributed by atoms with Crippen molar-refractivity contribution in [3.05, 3.63) is 16.6 Å². The van der Waals surface area contributed by atoms with E-state index in [2.05, 4.69) is 9.88 Å².